The topological polar surface area (TPSA) is 93.9 Å². The second kappa shape index (κ2) is 9.76. The second-order valence-corrected chi connectivity index (χ2v) is 6.80. The predicted molar refractivity (Wildman–Crippen MR) is 115 cm³/mol. The van der Waals surface area contributed by atoms with Gasteiger partial charge in [0.05, 0.1) is 31.3 Å². The van der Waals surface area contributed by atoms with E-state index in [0.29, 0.717) is 6.42 Å². The number of anilines is 1. The number of rotatable bonds is 9. The van der Waals surface area contributed by atoms with E-state index in [1.54, 1.807) is 26.4 Å². The average Bonchev–Trinajstić information content (AvgIpc) is 2.79. The van der Waals surface area contributed by atoms with Gasteiger partial charge in [-0.25, -0.2) is 0 Å². The molecule has 0 aliphatic carbocycles. The first kappa shape index (κ1) is 21.1. The molecule has 0 amide bonds. The van der Waals surface area contributed by atoms with Gasteiger partial charge in [0.1, 0.15) is 11.5 Å². The number of methoxy groups -OCH3 is 2. The van der Waals surface area contributed by atoms with Crippen LogP contribution in [-0.4, -0.2) is 24.2 Å². The Morgan fingerprint density at radius 2 is 1.37 bits per heavy atom. The van der Waals surface area contributed by atoms with E-state index in [9.17, 15) is 15.2 Å². The molecule has 0 saturated carbocycles. The van der Waals surface area contributed by atoms with Gasteiger partial charge >= 0.3 is 0 Å². The number of aliphatic hydroxyl groups excluding tert-OH is 1. The molecule has 0 fully saturated rings. The Labute approximate surface area is 175 Å². The van der Waals surface area contributed by atoms with Crippen molar-refractivity contribution in [1.82, 2.24) is 0 Å². The van der Waals surface area contributed by atoms with Crippen LogP contribution in [0, 0.1) is 10.1 Å². The van der Waals surface area contributed by atoms with Crippen LogP contribution in [0.25, 0.3) is 0 Å². The van der Waals surface area contributed by atoms with Gasteiger partial charge in [-0.15, -0.1) is 0 Å². The van der Waals surface area contributed by atoms with Crippen molar-refractivity contribution in [3.05, 3.63) is 94.0 Å². The minimum atomic E-state index is -0.714. The van der Waals surface area contributed by atoms with Gasteiger partial charge in [0.25, 0.3) is 5.69 Å². The summed E-state index contributed by atoms with van der Waals surface area (Å²) in [5.74, 6) is 1.46. The maximum absolute atomic E-state index is 10.9. The average molecular weight is 408 g/mol. The standard InChI is InChI=1S/C23H24N2O5/c1-29-20-11-3-16(4-12-20)22(24-18-7-9-19(10-8-18)25(27)28)15-23(26)17-5-13-21(30-2)14-6-17/h3-14,22-24,26H,15H2,1-2H3. The van der Waals surface area contributed by atoms with Crippen LogP contribution in [0.4, 0.5) is 11.4 Å². The molecule has 2 N–H and O–H groups in total. The molecule has 2 atom stereocenters. The maximum Gasteiger partial charge on any atom is 0.269 e. The van der Waals surface area contributed by atoms with Crippen molar-refractivity contribution in [3.8, 4) is 11.5 Å². The number of hydrogen-bond acceptors (Lipinski definition) is 6. The van der Waals surface area contributed by atoms with Gasteiger partial charge in [0.2, 0.25) is 0 Å². The highest BCUT2D eigenvalue weighted by atomic mass is 16.6. The number of non-ortho nitro benzene ring substituents is 1. The van der Waals surface area contributed by atoms with E-state index >= 15 is 0 Å². The maximum atomic E-state index is 10.9. The Morgan fingerprint density at radius 1 is 0.867 bits per heavy atom. The number of nitrogens with zero attached hydrogens (tertiary/aromatic N) is 1. The van der Waals surface area contributed by atoms with E-state index in [1.807, 2.05) is 48.5 Å². The summed E-state index contributed by atoms with van der Waals surface area (Å²) in [6.07, 6.45) is -0.316. The molecule has 30 heavy (non-hydrogen) atoms. The lowest BCUT2D eigenvalue weighted by Gasteiger charge is -2.24. The Hall–Kier alpha value is -3.58. The normalized spacial score (nSPS) is 12.6. The molecule has 0 spiro atoms. The van der Waals surface area contributed by atoms with Gasteiger partial charge in [0, 0.05) is 24.2 Å². The smallest absolute Gasteiger partial charge is 0.269 e. The summed E-state index contributed by atoms with van der Waals surface area (Å²) in [4.78, 5) is 10.5. The minimum Gasteiger partial charge on any atom is -0.497 e. The third kappa shape index (κ3) is 5.27. The van der Waals surface area contributed by atoms with Crippen LogP contribution in [0.15, 0.2) is 72.8 Å². The zero-order valence-corrected chi connectivity index (χ0v) is 16.8. The molecule has 0 aromatic heterocycles. The van der Waals surface area contributed by atoms with Crippen LogP contribution >= 0.6 is 0 Å². The summed E-state index contributed by atoms with van der Waals surface area (Å²) in [5.41, 5.74) is 2.49. The summed E-state index contributed by atoms with van der Waals surface area (Å²) >= 11 is 0. The molecule has 2 unspecified atom stereocenters. The second-order valence-electron chi connectivity index (χ2n) is 6.80. The van der Waals surface area contributed by atoms with Gasteiger partial charge in [-0.2, -0.15) is 0 Å². The van der Waals surface area contributed by atoms with Crippen LogP contribution in [0.5, 0.6) is 11.5 Å². The lowest BCUT2D eigenvalue weighted by Crippen LogP contribution is -2.15. The highest BCUT2D eigenvalue weighted by Gasteiger charge is 2.19. The Morgan fingerprint density at radius 3 is 1.83 bits per heavy atom. The zero-order valence-electron chi connectivity index (χ0n) is 16.8. The number of nitro benzene ring substituents is 1. The molecule has 3 aromatic rings. The van der Waals surface area contributed by atoms with Crippen molar-refractivity contribution >= 4 is 11.4 Å². The first-order valence-electron chi connectivity index (χ1n) is 9.47. The number of nitro groups is 1. The van der Waals surface area contributed by atoms with Gasteiger partial charge in [-0.1, -0.05) is 24.3 Å². The number of aliphatic hydroxyl groups is 1. The number of ether oxygens (including phenoxy) is 2. The van der Waals surface area contributed by atoms with E-state index in [2.05, 4.69) is 5.32 Å². The van der Waals surface area contributed by atoms with E-state index in [-0.39, 0.29) is 11.7 Å². The zero-order chi connectivity index (χ0) is 21.5. The minimum absolute atomic E-state index is 0.0276. The van der Waals surface area contributed by atoms with Crippen molar-refractivity contribution in [2.75, 3.05) is 19.5 Å². The molecular formula is C23H24N2O5. The highest BCUT2D eigenvalue weighted by Crippen LogP contribution is 2.31. The van der Waals surface area contributed by atoms with Gasteiger partial charge < -0.3 is 19.9 Å². The molecule has 7 heteroatoms. The summed E-state index contributed by atoms with van der Waals surface area (Å²) in [6, 6.07) is 20.9. The molecule has 0 saturated heterocycles. The molecule has 0 heterocycles. The quantitative estimate of drug-likeness (QED) is 0.387. The van der Waals surface area contributed by atoms with E-state index < -0.39 is 11.0 Å². The molecule has 3 rings (SSSR count). The molecule has 3 aromatic carbocycles. The molecule has 0 aliphatic rings. The monoisotopic (exact) mass is 408 g/mol. The molecule has 0 bridgehead atoms. The largest absolute Gasteiger partial charge is 0.497 e. The summed E-state index contributed by atoms with van der Waals surface area (Å²) in [5, 5.41) is 25.1. The predicted octanol–water partition coefficient (Wildman–Crippen LogP) is 4.89. The Kier molecular flexibility index (Phi) is 6.87. The molecule has 7 nitrogen and oxygen atoms in total. The van der Waals surface area contributed by atoms with Crippen LogP contribution in [0.3, 0.4) is 0 Å². The summed E-state index contributed by atoms with van der Waals surface area (Å²) < 4.78 is 10.4. The highest BCUT2D eigenvalue weighted by molar-refractivity contribution is 5.50. The van der Waals surface area contributed by atoms with Gasteiger partial charge in [0.15, 0.2) is 0 Å². The van der Waals surface area contributed by atoms with Crippen LogP contribution < -0.4 is 14.8 Å². The summed E-state index contributed by atoms with van der Waals surface area (Å²) in [6.45, 7) is 0. The molecular weight excluding hydrogens is 384 g/mol. The third-order valence-electron chi connectivity index (χ3n) is 4.90. The van der Waals surface area contributed by atoms with Crippen LogP contribution in [-0.2, 0) is 0 Å². The van der Waals surface area contributed by atoms with Gasteiger partial charge in [-0.3, -0.25) is 10.1 Å². The lowest BCUT2D eigenvalue weighted by atomic mass is 9.96. The van der Waals surface area contributed by atoms with Crippen molar-refractivity contribution in [2.24, 2.45) is 0 Å². The lowest BCUT2D eigenvalue weighted by molar-refractivity contribution is -0.384. The van der Waals surface area contributed by atoms with Crippen molar-refractivity contribution in [1.29, 1.82) is 0 Å². The number of nitrogens with one attached hydrogen (secondary N) is 1. The molecule has 156 valence electrons. The van der Waals surface area contributed by atoms with Gasteiger partial charge in [-0.05, 0) is 47.5 Å². The van der Waals surface area contributed by atoms with E-state index in [0.717, 1.165) is 28.3 Å². The Bertz CT molecular complexity index is 956. The Balaban J connectivity index is 1.82. The SMILES string of the molecule is COc1ccc(C(O)CC(Nc2ccc([N+](=O)[O-])cc2)c2ccc(OC)cc2)cc1. The molecule has 0 radical (unpaired) electrons. The van der Waals surface area contributed by atoms with Crippen molar-refractivity contribution in [2.45, 2.75) is 18.6 Å². The number of benzene rings is 3. The van der Waals surface area contributed by atoms with Crippen LogP contribution in [0.1, 0.15) is 29.7 Å². The van der Waals surface area contributed by atoms with Crippen molar-refractivity contribution < 1.29 is 19.5 Å². The van der Waals surface area contributed by atoms with Crippen molar-refractivity contribution in [3.63, 3.8) is 0 Å². The van der Waals surface area contributed by atoms with Crippen LogP contribution in [0.2, 0.25) is 0 Å². The fraction of sp³-hybridized carbons (Fsp3) is 0.217. The van der Waals surface area contributed by atoms with E-state index in [4.69, 9.17) is 9.47 Å². The fourth-order valence-corrected chi connectivity index (χ4v) is 3.18. The number of hydrogen-bond donors (Lipinski definition) is 2. The summed E-state index contributed by atoms with van der Waals surface area (Å²) in [7, 11) is 3.20. The third-order valence-corrected chi connectivity index (χ3v) is 4.90. The molecule has 0 aliphatic heterocycles. The fourth-order valence-electron chi connectivity index (χ4n) is 3.18. The first-order valence-corrected chi connectivity index (χ1v) is 9.47. The first-order chi connectivity index (χ1) is 14.5. The van der Waals surface area contributed by atoms with E-state index in [1.165, 1.54) is 12.1 Å².